The number of nitrogens with two attached hydrogens (primary N) is 1. The molecular formula is C16H18Cl2N2S. The highest BCUT2D eigenvalue weighted by atomic mass is 35.5. The number of halogens is 2. The zero-order chi connectivity index (χ0) is 14.8. The molecule has 0 bridgehead atoms. The topological polar surface area (TPSA) is 29.3 Å². The van der Waals surface area contributed by atoms with Crippen LogP contribution in [0.1, 0.15) is 12.0 Å². The number of anilines is 1. The summed E-state index contributed by atoms with van der Waals surface area (Å²) in [6, 6.07) is 10.3. The van der Waals surface area contributed by atoms with E-state index in [0.29, 0.717) is 5.92 Å². The van der Waals surface area contributed by atoms with Gasteiger partial charge >= 0.3 is 0 Å². The van der Waals surface area contributed by atoms with Crippen molar-refractivity contribution in [1.82, 2.24) is 0 Å². The third-order valence-electron chi connectivity index (χ3n) is 3.89. The van der Waals surface area contributed by atoms with E-state index < -0.39 is 0 Å². The van der Waals surface area contributed by atoms with Crippen molar-refractivity contribution < 1.29 is 0 Å². The maximum atomic E-state index is 6.25. The number of nitrogens with zero attached hydrogens (tertiary/aromatic N) is 1. The van der Waals surface area contributed by atoms with Gasteiger partial charge in [0.2, 0.25) is 0 Å². The number of piperidine rings is 1. The van der Waals surface area contributed by atoms with E-state index in [4.69, 9.17) is 28.9 Å². The number of rotatable bonds is 3. The molecule has 5 heteroatoms. The monoisotopic (exact) mass is 340 g/mol. The van der Waals surface area contributed by atoms with Gasteiger partial charge in [-0.1, -0.05) is 29.3 Å². The molecule has 1 aliphatic heterocycles. The van der Waals surface area contributed by atoms with Gasteiger partial charge in [0.05, 0.1) is 4.34 Å². The van der Waals surface area contributed by atoms with Gasteiger partial charge in [-0.2, -0.15) is 0 Å². The highest BCUT2D eigenvalue weighted by Gasteiger charge is 2.25. The van der Waals surface area contributed by atoms with Gasteiger partial charge in [0, 0.05) is 29.8 Å². The second-order valence-corrected chi connectivity index (χ2v) is 7.69. The summed E-state index contributed by atoms with van der Waals surface area (Å²) in [5.74, 6) is 0.554. The minimum absolute atomic E-state index is 0.205. The molecule has 2 N–H and O–H groups in total. The van der Waals surface area contributed by atoms with E-state index in [1.54, 1.807) is 11.3 Å². The average Bonchev–Trinajstić information content (AvgIpc) is 2.83. The summed E-state index contributed by atoms with van der Waals surface area (Å²) in [4.78, 5) is 2.35. The first-order valence-electron chi connectivity index (χ1n) is 7.09. The van der Waals surface area contributed by atoms with E-state index in [1.807, 2.05) is 18.2 Å². The number of thiophene rings is 1. The zero-order valence-electron chi connectivity index (χ0n) is 11.6. The van der Waals surface area contributed by atoms with Gasteiger partial charge in [0.15, 0.2) is 0 Å². The number of hydrogen-bond acceptors (Lipinski definition) is 3. The van der Waals surface area contributed by atoms with Crippen molar-refractivity contribution in [3.63, 3.8) is 0 Å². The minimum atomic E-state index is 0.205. The van der Waals surface area contributed by atoms with Crippen molar-refractivity contribution in [2.75, 3.05) is 18.0 Å². The Bertz CT molecular complexity index is 614. The van der Waals surface area contributed by atoms with Crippen LogP contribution in [0.4, 0.5) is 5.69 Å². The van der Waals surface area contributed by atoms with Crippen molar-refractivity contribution in [3.05, 3.63) is 50.6 Å². The Labute approximate surface area is 139 Å². The second kappa shape index (κ2) is 6.57. The van der Waals surface area contributed by atoms with E-state index in [2.05, 4.69) is 22.4 Å². The molecule has 1 aromatic carbocycles. The third-order valence-corrected chi connectivity index (χ3v) is 5.26. The Kier molecular flexibility index (Phi) is 4.75. The minimum Gasteiger partial charge on any atom is -0.370 e. The fourth-order valence-corrected chi connectivity index (χ4v) is 4.17. The first-order chi connectivity index (χ1) is 10.1. The van der Waals surface area contributed by atoms with Crippen LogP contribution in [0.25, 0.3) is 0 Å². The summed E-state index contributed by atoms with van der Waals surface area (Å²) in [6.45, 7) is 1.91. The molecule has 2 atom stereocenters. The van der Waals surface area contributed by atoms with Gasteiger partial charge in [-0.15, -0.1) is 11.3 Å². The highest BCUT2D eigenvalue weighted by Crippen LogP contribution is 2.29. The van der Waals surface area contributed by atoms with Crippen LogP contribution in [0.15, 0.2) is 35.7 Å². The van der Waals surface area contributed by atoms with Crippen molar-refractivity contribution in [3.8, 4) is 0 Å². The first-order valence-corrected chi connectivity index (χ1v) is 8.72. The van der Waals surface area contributed by atoms with E-state index in [9.17, 15) is 0 Å². The molecule has 112 valence electrons. The van der Waals surface area contributed by atoms with Gasteiger partial charge in [-0.3, -0.25) is 0 Å². The molecule has 2 unspecified atom stereocenters. The van der Waals surface area contributed by atoms with Gasteiger partial charge in [-0.25, -0.2) is 0 Å². The zero-order valence-corrected chi connectivity index (χ0v) is 14.0. The standard InChI is InChI=1S/C16H18Cl2N2S/c17-13-2-1-3-15(7-13)20-8-11(5-14(19)9-20)4-12-6-16(18)21-10-12/h1-3,6-7,10-11,14H,4-5,8-9,19H2. The lowest BCUT2D eigenvalue weighted by molar-refractivity contribution is 0.375. The molecule has 0 aliphatic carbocycles. The maximum absolute atomic E-state index is 6.25. The lowest BCUT2D eigenvalue weighted by atomic mass is 9.89. The molecule has 1 aliphatic rings. The van der Waals surface area contributed by atoms with Gasteiger partial charge in [0.25, 0.3) is 0 Å². The largest absolute Gasteiger partial charge is 0.370 e. The number of benzene rings is 1. The van der Waals surface area contributed by atoms with Gasteiger partial charge in [0.1, 0.15) is 0 Å². The molecule has 0 saturated carbocycles. The van der Waals surface area contributed by atoms with Crippen LogP contribution in [0.2, 0.25) is 9.36 Å². The van der Waals surface area contributed by atoms with E-state index in [1.165, 1.54) is 5.56 Å². The maximum Gasteiger partial charge on any atom is 0.0931 e. The van der Waals surface area contributed by atoms with E-state index in [0.717, 1.165) is 41.0 Å². The second-order valence-electron chi connectivity index (χ2n) is 5.71. The molecule has 0 radical (unpaired) electrons. The van der Waals surface area contributed by atoms with Crippen LogP contribution < -0.4 is 10.6 Å². The Morgan fingerprint density at radius 2 is 2.10 bits per heavy atom. The molecule has 0 amide bonds. The van der Waals surface area contributed by atoms with E-state index >= 15 is 0 Å². The smallest absolute Gasteiger partial charge is 0.0931 e. The Morgan fingerprint density at radius 1 is 1.24 bits per heavy atom. The fourth-order valence-electron chi connectivity index (χ4n) is 3.06. The van der Waals surface area contributed by atoms with E-state index in [-0.39, 0.29) is 6.04 Å². The first kappa shape index (κ1) is 15.2. The van der Waals surface area contributed by atoms with Crippen LogP contribution in [0.5, 0.6) is 0 Å². The predicted molar refractivity (Wildman–Crippen MR) is 92.8 cm³/mol. The molecule has 1 aromatic heterocycles. The van der Waals surface area contributed by atoms with Crippen LogP contribution in [-0.4, -0.2) is 19.1 Å². The van der Waals surface area contributed by atoms with Crippen LogP contribution in [0.3, 0.4) is 0 Å². The summed E-state index contributed by atoms with van der Waals surface area (Å²) in [7, 11) is 0. The molecule has 0 spiro atoms. The average molecular weight is 341 g/mol. The molecule has 2 aromatic rings. The number of hydrogen-bond donors (Lipinski definition) is 1. The molecule has 2 heterocycles. The van der Waals surface area contributed by atoms with Crippen molar-refractivity contribution in [2.45, 2.75) is 18.9 Å². The molecule has 3 rings (SSSR count). The van der Waals surface area contributed by atoms with Crippen molar-refractivity contribution >= 4 is 40.2 Å². The fraction of sp³-hybridized carbons (Fsp3) is 0.375. The Balaban J connectivity index is 1.72. The Morgan fingerprint density at radius 3 is 2.81 bits per heavy atom. The highest BCUT2D eigenvalue weighted by molar-refractivity contribution is 7.14. The summed E-state index contributed by atoms with van der Waals surface area (Å²) in [5, 5.41) is 2.92. The van der Waals surface area contributed by atoms with Gasteiger partial charge in [-0.05, 0) is 54.0 Å². The van der Waals surface area contributed by atoms with Crippen LogP contribution >= 0.6 is 34.5 Å². The lowest BCUT2D eigenvalue weighted by Gasteiger charge is -2.38. The molecule has 1 saturated heterocycles. The summed E-state index contributed by atoms with van der Waals surface area (Å²) in [6.07, 6.45) is 2.10. The van der Waals surface area contributed by atoms with Crippen LogP contribution in [0, 0.1) is 5.92 Å². The summed E-state index contributed by atoms with van der Waals surface area (Å²) < 4.78 is 0.858. The molecule has 1 fully saturated rings. The van der Waals surface area contributed by atoms with Gasteiger partial charge < -0.3 is 10.6 Å². The molecule has 2 nitrogen and oxygen atoms in total. The molecule has 21 heavy (non-hydrogen) atoms. The van der Waals surface area contributed by atoms with Crippen molar-refractivity contribution in [2.24, 2.45) is 11.7 Å². The third kappa shape index (κ3) is 3.92. The SMILES string of the molecule is NC1CC(Cc2csc(Cl)c2)CN(c2cccc(Cl)c2)C1. The van der Waals surface area contributed by atoms with Crippen LogP contribution in [-0.2, 0) is 6.42 Å². The van der Waals surface area contributed by atoms with Crippen molar-refractivity contribution in [1.29, 1.82) is 0 Å². The summed E-state index contributed by atoms with van der Waals surface area (Å²) in [5.41, 5.74) is 8.72. The Hall–Kier alpha value is -0.740. The predicted octanol–water partition coefficient (Wildman–Crippen LogP) is 4.45. The lowest BCUT2D eigenvalue weighted by Crippen LogP contribution is -2.47. The quantitative estimate of drug-likeness (QED) is 0.894. The summed E-state index contributed by atoms with van der Waals surface area (Å²) >= 11 is 13.7. The normalized spacial score (nSPS) is 22.5. The molecular weight excluding hydrogens is 323 g/mol.